The number of anilines is 1. The van der Waals surface area contributed by atoms with Gasteiger partial charge < -0.3 is 14.7 Å². The molecule has 2 saturated heterocycles. The highest BCUT2D eigenvalue weighted by Gasteiger charge is 2.43. The van der Waals surface area contributed by atoms with E-state index in [0.717, 1.165) is 38.5 Å². The summed E-state index contributed by atoms with van der Waals surface area (Å²) >= 11 is 0. The van der Waals surface area contributed by atoms with E-state index in [2.05, 4.69) is 40.0 Å². The molecule has 0 unspecified atom stereocenters. The smallest absolute Gasteiger partial charge is 0.225 e. The Bertz CT molecular complexity index is 527. The van der Waals surface area contributed by atoms with Crippen molar-refractivity contribution in [2.45, 2.75) is 25.8 Å². The number of likely N-dealkylation sites (tertiary alicyclic amines) is 1. The minimum atomic E-state index is 0.597. The summed E-state index contributed by atoms with van der Waals surface area (Å²) in [7, 11) is 4.39. The van der Waals surface area contributed by atoms with Gasteiger partial charge in [-0.15, -0.1) is 0 Å². The van der Waals surface area contributed by atoms with Crippen molar-refractivity contribution in [3.05, 3.63) is 17.5 Å². The lowest BCUT2D eigenvalue weighted by atomic mass is 9.72. The van der Waals surface area contributed by atoms with Crippen molar-refractivity contribution in [2.24, 2.45) is 5.41 Å². The number of piperidine rings is 1. The standard InChI is InChI=1S/C16H25N5/c1-19-6-3-13-9-17-15(18-14(13)10-19)21-7-4-16(5-8-21)11-20(2)12-16/h9H,3-8,10-12H2,1-2H3. The van der Waals surface area contributed by atoms with Gasteiger partial charge in [-0.2, -0.15) is 0 Å². The second-order valence-electron chi connectivity index (χ2n) is 7.29. The summed E-state index contributed by atoms with van der Waals surface area (Å²) in [6.45, 7) is 6.86. The van der Waals surface area contributed by atoms with Gasteiger partial charge in [-0.1, -0.05) is 0 Å². The number of hydrogen-bond donors (Lipinski definition) is 0. The summed E-state index contributed by atoms with van der Waals surface area (Å²) in [5, 5.41) is 0. The summed E-state index contributed by atoms with van der Waals surface area (Å²) in [6.07, 6.45) is 5.73. The third-order valence-electron chi connectivity index (χ3n) is 5.44. The van der Waals surface area contributed by atoms with Crippen molar-refractivity contribution in [3.63, 3.8) is 0 Å². The number of likely N-dealkylation sites (N-methyl/N-ethyl adjacent to an activating group) is 1. The van der Waals surface area contributed by atoms with Gasteiger partial charge in [0.2, 0.25) is 5.95 Å². The zero-order chi connectivity index (χ0) is 14.4. The molecule has 114 valence electrons. The van der Waals surface area contributed by atoms with E-state index in [9.17, 15) is 0 Å². The van der Waals surface area contributed by atoms with Gasteiger partial charge in [0.25, 0.3) is 0 Å². The second-order valence-corrected chi connectivity index (χ2v) is 7.29. The zero-order valence-corrected chi connectivity index (χ0v) is 13.2. The van der Waals surface area contributed by atoms with Crippen LogP contribution in [0.1, 0.15) is 24.1 Å². The Morgan fingerprint density at radius 3 is 2.52 bits per heavy atom. The summed E-state index contributed by atoms with van der Waals surface area (Å²) in [5.74, 6) is 0.951. The number of aromatic nitrogens is 2. The Morgan fingerprint density at radius 1 is 1.05 bits per heavy atom. The fourth-order valence-corrected chi connectivity index (χ4v) is 4.17. The average molecular weight is 287 g/mol. The van der Waals surface area contributed by atoms with Crippen LogP contribution in [0, 0.1) is 5.41 Å². The first-order valence-electron chi connectivity index (χ1n) is 8.10. The van der Waals surface area contributed by atoms with E-state index in [4.69, 9.17) is 4.98 Å². The first-order valence-corrected chi connectivity index (χ1v) is 8.10. The van der Waals surface area contributed by atoms with Crippen LogP contribution in [0.3, 0.4) is 0 Å². The van der Waals surface area contributed by atoms with Crippen LogP contribution in [0.2, 0.25) is 0 Å². The van der Waals surface area contributed by atoms with Crippen LogP contribution in [0.15, 0.2) is 6.20 Å². The lowest BCUT2D eigenvalue weighted by Crippen LogP contribution is -2.58. The van der Waals surface area contributed by atoms with Crippen molar-refractivity contribution in [1.29, 1.82) is 0 Å². The van der Waals surface area contributed by atoms with Gasteiger partial charge in [-0.3, -0.25) is 0 Å². The van der Waals surface area contributed by atoms with Crippen molar-refractivity contribution in [3.8, 4) is 0 Å². The molecule has 0 amide bonds. The average Bonchev–Trinajstić information content (AvgIpc) is 2.46. The summed E-state index contributed by atoms with van der Waals surface area (Å²) in [5.41, 5.74) is 3.17. The van der Waals surface area contributed by atoms with Crippen molar-refractivity contribution in [2.75, 3.05) is 51.7 Å². The van der Waals surface area contributed by atoms with Crippen LogP contribution in [0.5, 0.6) is 0 Å². The van der Waals surface area contributed by atoms with Gasteiger partial charge in [-0.05, 0) is 44.3 Å². The lowest BCUT2D eigenvalue weighted by Gasteiger charge is -2.52. The van der Waals surface area contributed by atoms with Gasteiger partial charge in [0.1, 0.15) is 0 Å². The van der Waals surface area contributed by atoms with Crippen molar-refractivity contribution >= 4 is 5.95 Å². The van der Waals surface area contributed by atoms with Crippen LogP contribution in [0.4, 0.5) is 5.95 Å². The monoisotopic (exact) mass is 287 g/mol. The minimum Gasteiger partial charge on any atom is -0.341 e. The molecule has 0 N–H and O–H groups in total. The van der Waals surface area contributed by atoms with Crippen LogP contribution < -0.4 is 4.90 Å². The zero-order valence-electron chi connectivity index (χ0n) is 13.2. The highest BCUT2D eigenvalue weighted by Crippen LogP contribution is 2.40. The van der Waals surface area contributed by atoms with E-state index in [-0.39, 0.29) is 0 Å². The summed E-state index contributed by atoms with van der Waals surface area (Å²) in [6, 6.07) is 0. The van der Waals surface area contributed by atoms with Gasteiger partial charge in [0.05, 0.1) is 5.69 Å². The Labute approximate surface area is 127 Å². The van der Waals surface area contributed by atoms with Crippen LogP contribution in [-0.4, -0.2) is 66.6 Å². The highest BCUT2D eigenvalue weighted by molar-refractivity contribution is 5.35. The number of fused-ring (bicyclic) bond motifs is 1. The Morgan fingerprint density at radius 2 is 1.81 bits per heavy atom. The Kier molecular flexibility index (Phi) is 3.15. The predicted octanol–water partition coefficient (Wildman–Crippen LogP) is 0.996. The molecule has 0 bridgehead atoms. The van der Waals surface area contributed by atoms with Crippen LogP contribution in [0.25, 0.3) is 0 Å². The van der Waals surface area contributed by atoms with Crippen LogP contribution >= 0.6 is 0 Å². The fraction of sp³-hybridized carbons (Fsp3) is 0.750. The lowest BCUT2D eigenvalue weighted by molar-refractivity contribution is 0.00109. The number of hydrogen-bond acceptors (Lipinski definition) is 5. The summed E-state index contributed by atoms with van der Waals surface area (Å²) in [4.78, 5) is 16.7. The highest BCUT2D eigenvalue weighted by atomic mass is 15.3. The molecular weight excluding hydrogens is 262 g/mol. The second kappa shape index (κ2) is 4.92. The van der Waals surface area contributed by atoms with Gasteiger partial charge >= 0.3 is 0 Å². The molecule has 0 radical (unpaired) electrons. The predicted molar refractivity (Wildman–Crippen MR) is 83.4 cm³/mol. The molecule has 1 spiro atoms. The van der Waals surface area contributed by atoms with E-state index in [1.807, 2.05) is 0 Å². The third kappa shape index (κ3) is 2.42. The molecule has 2 fully saturated rings. The molecule has 0 atom stereocenters. The maximum absolute atomic E-state index is 4.86. The molecule has 5 heteroatoms. The van der Waals surface area contributed by atoms with E-state index < -0.39 is 0 Å². The molecule has 4 heterocycles. The van der Waals surface area contributed by atoms with E-state index in [0.29, 0.717) is 5.41 Å². The van der Waals surface area contributed by atoms with Crippen molar-refractivity contribution < 1.29 is 0 Å². The van der Waals surface area contributed by atoms with E-state index >= 15 is 0 Å². The first-order chi connectivity index (χ1) is 10.1. The van der Waals surface area contributed by atoms with Crippen molar-refractivity contribution in [1.82, 2.24) is 19.8 Å². The quantitative estimate of drug-likeness (QED) is 0.770. The third-order valence-corrected chi connectivity index (χ3v) is 5.44. The number of nitrogens with zero attached hydrogens (tertiary/aromatic N) is 5. The number of rotatable bonds is 1. The maximum atomic E-state index is 4.86. The Hall–Kier alpha value is -1.20. The molecule has 0 aromatic carbocycles. The first kappa shape index (κ1) is 13.5. The molecule has 5 nitrogen and oxygen atoms in total. The molecule has 21 heavy (non-hydrogen) atoms. The summed E-state index contributed by atoms with van der Waals surface area (Å²) < 4.78 is 0. The molecule has 4 rings (SSSR count). The van der Waals surface area contributed by atoms with E-state index in [1.165, 1.54) is 37.2 Å². The molecular formula is C16H25N5. The Balaban J connectivity index is 1.46. The molecule has 1 aromatic rings. The largest absolute Gasteiger partial charge is 0.341 e. The van der Waals surface area contributed by atoms with Crippen LogP contribution in [-0.2, 0) is 13.0 Å². The normalized spacial score (nSPS) is 25.7. The minimum absolute atomic E-state index is 0.597. The fourth-order valence-electron chi connectivity index (χ4n) is 4.17. The molecule has 3 aliphatic heterocycles. The molecule has 0 saturated carbocycles. The molecule has 1 aromatic heterocycles. The molecule has 0 aliphatic carbocycles. The van der Waals surface area contributed by atoms with Gasteiger partial charge in [-0.25, -0.2) is 9.97 Å². The maximum Gasteiger partial charge on any atom is 0.225 e. The molecule has 3 aliphatic rings. The van der Waals surface area contributed by atoms with Gasteiger partial charge in [0, 0.05) is 45.5 Å². The van der Waals surface area contributed by atoms with Gasteiger partial charge in [0.15, 0.2) is 0 Å². The SMILES string of the molecule is CN1CCc2cnc(N3CCC4(CC3)CN(C)C4)nc2C1. The topological polar surface area (TPSA) is 35.5 Å². The van der Waals surface area contributed by atoms with E-state index in [1.54, 1.807) is 0 Å².